The molecule has 0 aliphatic rings. The fourth-order valence-electron chi connectivity index (χ4n) is 1.58. The lowest BCUT2D eigenvalue weighted by atomic mass is 10.2. The second-order valence-corrected chi connectivity index (χ2v) is 4.83. The van der Waals surface area contributed by atoms with E-state index in [1.807, 2.05) is 37.3 Å². The predicted molar refractivity (Wildman–Crippen MR) is 67.6 cm³/mol. The number of aryl methyl sites for hydroxylation is 1. The van der Waals surface area contributed by atoms with Crippen LogP contribution in [0.3, 0.4) is 0 Å². The zero-order chi connectivity index (χ0) is 12.3. The van der Waals surface area contributed by atoms with E-state index in [-0.39, 0.29) is 12.4 Å². The van der Waals surface area contributed by atoms with Gasteiger partial charge >= 0.3 is 0 Å². The summed E-state index contributed by atoms with van der Waals surface area (Å²) in [6.45, 7) is 1.74. The molecule has 2 rings (SSSR count). The number of aliphatic hydroxyl groups excluding tert-OH is 1. The van der Waals surface area contributed by atoms with Crippen molar-refractivity contribution in [2.24, 2.45) is 0 Å². The molecule has 1 nitrogen and oxygen atoms in total. The van der Waals surface area contributed by atoms with E-state index in [1.165, 1.54) is 17.8 Å². The number of hydrogen-bond acceptors (Lipinski definition) is 2. The molecule has 0 radical (unpaired) electrons. The first-order valence-electron chi connectivity index (χ1n) is 5.34. The quantitative estimate of drug-likeness (QED) is 0.892. The summed E-state index contributed by atoms with van der Waals surface area (Å²) in [6.07, 6.45) is 0. The van der Waals surface area contributed by atoms with Crippen LogP contribution in [-0.4, -0.2) is 5.11 Å². The van der Waals surface area contributed by atoms with E-state index < -0.39 is 0 Å². The number of aliphatic hydroxyl groups is 1. The minimum Gasteiger partial charge on any atom is -0.392 e. The Labute approximate surface area is 104 Å². The Balaban J connectivity index is 2.37. The van der Waals surface area contributed by atoms with Crippen molar-refractivity contribution >= 4 is 11.8 Å². The van der Waals surface area contributed by atoms with Crippen molar-refractivity contribution in [1.82, 2.24) is 0 Å². The van der Waals surface area contributed by atoms with Crippen LogP contribution in [0.2, 0.25) is 0 Å². The third kappa shape index (κ3) is 2.68. The molecule has 0 saturated carbocycles. The molecule has 0 bridgehead atoms. The minimum absolute atomic E-state index is 0.277. The van der Waals surface area contributed by atoms with Gasteiger partial charge in [-0.05, 0) is 30.7 Å². The second kappa shape index (κ2) is 5.34. The molecule has 2 aromatic carbocycles. The third-order valence-electron chi connectivity index (χ3n) is 2.55. The van der Waals surface area contributed by atoms with Crippen LogP contribution < -0.4 is 0 Å². The molecular weight excluding hydrogens is 235 g/mol. The molecule has 0 aliphatic carbocycles. The van der Waals surface area contributed by atoms with Crippen LogP contribution in [0, 0.1) is 12.7 Å². The molecule has 17 heavy (non-hydrogen) atoms. The third-order valence-corrected chi connectivity index (χ3v) is 3.83. The van der Waals surface area contributed by atoms with Crippen molar-refractivity contribution in [2.45, 2.75) is 23.3 Å². The molecule has 0 aliphatic heterocycles. The largest absolute Gasteiger partial charge is 0.392 e. The average molecular weight is 248 g/mol. The van der Waals surface area contributed by atoms with E-state index in [2.05, 4.69) is 0 Å². The molecule has 0 heterocycles. The lowest BCUT2D eigenvalue weighted by Gasteiger charge is -2.09. The van der Waals surface area contributed by atoms with Crippen LogP contribution in [0.4, 0.5) is 4.39 Å². The topological polar surface area (TPSA) is 20.2 Å². The lowest BCUT2D eigenvalue weighted by molar-refractivity contribution is 0.272. The predicted octanol–water partition coefficient (Wildman–Crippen LogP) is 3.78. The zero-order valence-corrected chi connectivity index (χ0v) is 10.3. The molecule has 0 atom stereocenters. The van der Waals surface area contributed by atoms with E-state index in [0.29, 0.717) is 5.56 Å². The Morgan fingerprint density at radius 2 is 1.76 bits per heavy atom. The van der Waals surface area contributed by atoms with E-state index in [1.54, 1.807) is 6.07 Å². The van der Waals surface area contributed by atoms with Crippen LogP contribution >= 0.6 is 11.8 Å². The standard InChI is InChI=1S/C14H13FOS/c1-10-5-2-3-7-13(10)17-14-8-4-6-12(15)11(14)9-16/h2-8,16H,9H2,1H3. The van der Waals surface area contributed by atoms with Crippen molar-refractivity contribution in [3.05, 3.63) is 59.4 Å². The number of benzene rings is 2. The summed E-state index contributed by atoms with van der Waals surface area (Å²) >= 11 is 1.48. The zero-order valence-electron chi connectivity index (χ0n) is 9.48. The highest BCUT2D eigenvalue weighted by molar-refractivity contribution is 7.99. The van der Waals surface area contributed by atoms with Crippen LogP contribution in [0.15, 0.2) is 52.3 Å². The van der Waals surface area contributed by atoms with E-state index >= 15 is 0 Å². The fraction of sp³-hybridized carbons (Fsp3) is 0.143. The van der Waals surface area contributed by atoms with Crippen molar-refractivity contribution in [3.63, 3.8) is 0 Å². The summed E-state index contributed by atoms with van der Waals surface area (Å²) < 4.78 is 13.5. The summed E-state index contributed by atoms with van der Waals surface area (Å²) in [5.74, 6) is -0.355. The number of hydrogen-bond donors (Lipinski definition) is 1. The molecular formula is C14H13FOS. The van der Waals surface area contributed by atoms with Gasteiger partial charge in [0.25, 0.3) is 0 Å². The highest BCUT2D eigenvalue weighted by atomic mass is 32.2. The average Bonchev–Trinajstić information content (AvgIpc) is 2.32. The summed E-state index contributed by atoms with van der Waals surface area (Å²) in [6, 6.07) is 12.8. The van der Waals surface area contributed by atoms with Crippen molar-refractivity contribution in [2.75, 3.05) is 0 Å². The van der Waals surface area contributed by atoms with Gasteiger partial charge in [-0.3, -0.25) is 0 Å². The van der Waals surface area contributed by atoms with Crippen LogP contribution in [0.25, 0.3) is 0 Å². The number of rotatable bonds is 3. The van der Waals surface area contributed by atoms with Gasteiger partial charge < -0.3 is 5.11 Å². The van der Waals surface area contributed by atoms with Crippen LogP contribution in [0.1, 0.15) is 11.1 Å². The lowest BCUT2D eigenvalue weighted by Crippen LogP contribution is -1.93. The number of halogens is 1. The highest BCUT2D eigenvalue weighted by Gasteiger charge is 2.09. The monoisotopic (exact) mass is 248 g/mol. The summed E-state index contributed by atoms with van der Waals surface area (Å²) in [7, 11) is 0. The SMILES string of the molecule is Cc1ccccc1Sc1cccc(F)c1CO. The molecule has 0 amide bonds. The van der Waals surface area contributed by atoms with Crippen molar-refractivity contribution in [3.8, 4) is 0 Å². The van der Waals surface area contributed by atoms with E-state index in [4.69, 9.17) is 0 Å². The first-order chi connectivity index (χ1) is 8.22. The molecule has 3 heteroatoms. The molecule has 0 unspecified atom stereocenters. The van der Waals surface area contributed by atoms with Gasteiger partial charge in [-0.25, -0.2) is 4.39 Å². The van der Waals surface area contributed by atoms with Crippen molar-refractivity contribution < 1.29 is 9.50 Å². The Morgan fingerprint density at radius 3 is 2.47 bits per heavy atom. The van der Waals surface area contributed by atoms with Gasteiger partial charge in [0.2, 0.25) is 0 Å². The van der Waals surface area contributed by atoms with E-state index in [9.17, 15) is 9.50 Å². The highest BCUT2D eigenvalue weighted by Crippen LogP contribution is 2.33. The first kappa shape index (κ1) is 12.1. The van der Waals surface area contributed by atoms with Crippen LogP contribution in [-0.2, 0) is 6.61 Å². The molecule has 0 saturated heterocycles. The maximum atomic E-state index is 13.5. The van der Waals surface area contributed by atoms with Gasteiger partial charge in [0.05, 0.1) is 6.61 Å². The Kier molecular flexibility index (Phi) is 3.82. The molecule has 1 N–H and O–H groups in total. The smallest absolute Gasteiger partial charge is 0.129 e. The van der Waals surface area contributed by atoms with Gasteiger partial charge in [0, 0.05) is 15.4 Å². The first-order valence-corrected chi connectivity index (χ1v) is 6.15. The second-order valence-electron chi connectivity index (χ2n) is 3.74. The normalized spacial score (nSPS) is 10.5. The van der Waals surface area contributed by atoms with Gasteiger partial charge in [0.1, 0.15) is 5.82 Å². The maximum absolute atomic E-state index is 13.5. The summed E-state index contributed by atoms with van der Waals surface area (Å²) in [5, 5.41) is 9.19. The van der Waals surface area contributed by atoms with E-state index in [0.717, 1.165) is 15.4 Å². The Morgan fingerprint density at radius 1 is 1.06 bits per heavy atom. The van der Waals surface area contributed by atoms with Crippen LogP contribution in [0.5, 0.6) is 0 Å². The molecule has 2 aromatic rings. The fourth-order valence-corrected chi connectivity index (χ4v) is 2.62. The molecule has 0 spiro atoms. The molecule has 0 fully saturated rings. The summed E-state index contributed by atoms with van der Waals surface area (Å²) in [4.78, 5) is 1.84. The van der Waals surface area contributed by atoms with Gasteiger partial charge in [-0.1, -0.05) is 36.0 Å². The minimum atomic E-state index is -0.355. The molecule has 0 aromatic heterocycles. The Hall–Kier alpha value is -1.32. The maximum Gasteiger partial charge on any atom is 0.129 e. The summed E-state index contributed by atoms with van der Waals surface area (Å²) in [5.41, 5.74) is 1.51. The van der Waals surface area contributed by atoms with Gasteiger partial charge in [0.15, 0.2) is 0 Å². The van der Waals surface area contributed by atoms with Gasteiger partial charge in [-0.15, -0.1) is 0 Å². The van der Waals surface area contributed by atoms with Gasteiger partial charge in [-0.2, -0.15) is 0 Å². The van der Waals surface area contributed by atoms with Crippen molar-refractivity contribution in [1.29, 1.82) is 0 Å². The molecule has 88 valence electrons. The Bertz CT molecular complexity index is 525.